The fourth-order valence-electron chi connectivity index (χ4n) is 3.82. The average Bonchev–Trinajstić information content (AvgIpc) is 3.41. The predicted molar refractivity (Wildman–Crippen MR) is 118 cm³/mol. The van der Waals surface area contributed by atoms with Gasteiger partial charge < -0.3 is 23.9 Å². The smallest absolute Gasteiger partial charge is 0.296 e. The van der Waals surface area contributed by atoms with Gasteiger partial charge in [-0.15, -0.1) is 0 Å². The SMILES string of the molecule is COc1cccc(OC)c1/C(O)=C1\C(=O)C(=O)N(Cc2ccco2)C1c1ccc(Cl)cc1. The molecule has 0 saturated carbocycles. The van der Waals surface area contributed by atoms with E-state index in [2.05, 4.69) is 0 Å². The topological polar surface area (TPSA) is 89.2 Å². The van der Waals surface area contributed by atoms with Crippen molar-refractivity contribution in [1.29, 1.82) is 0 Å². The lowest BCUT2D eigenvalue weighted by atomic mass is 9.94. The summed E-state index contributed by atoms with van der Waals surface area (Å²) in [5.41, 5.74) is 0.717. The van der Waals surface area contributed by atoms with E-state index in [9.17, 15) is 14.7 Å². The summed E-state index contributed by atoms with van der Waals surface area (Å²) in [5, 5.41) is 11.8. The van der Waals surface area contributed by atoms with Gasteiger partial charge in [-0.25, -0.2) is 0 Å². The average molecular weight is 454 g/mol. The van der Waals surface area contributed by atoms with Crippen molar-refractivity contribution in [1.82, 2.24) is 4.90 Å². The fourth-order valence-corrected chi connectivity index (χ4v) is 3.95. The van der Waals surface area contributed by atoms with E-state index in [1.807, 2.05) is 0 Å². The molecule has 2 heterocycles. The Morgan fingerprint density at radius 2 is 1.69 bits per heavy atom. The Morgan fingerprint density at radius 3 is 2.25 bits per heavy atom. The Balaban J connectivity index is 1.94. The number of benzene rings is 2. The molecule has 1 atom stereocenters. The van der Waals surface area contributed by atoms with Crippen LogP contribution in [0, 0.1) is 0 Å². The molecule has 8 heteroatoms. The van der Waals surface area contributed by atoms with Crippen molar-refractivity contribution in [3.05, 3.63) is 88.3 Å². The molecule has 4 rings (SSSR count). The van der Waals surface area contributed by atoms with Crippen molar-refractivity contribution < 1.29 is 28.6 Å². The first-order valence-electron chi connectivity index (χ1n) is 9.74. The minimum Gasteiger partial charge on any atom is -0.506 e. The van der Waals surface area contributed by atoms with E-state index >= 15 is 0 Å². The van der Waals surface area contributed by atoms with Gasteiger partial charge in [-0.3, -0.25) is 9.59 Å². The molecule has 1 N–H and O–H groups in total. The van der Waals surface area contributed by atoms with Crippen molar-refractivity contribution in [3.8, 4) is 11.5 Å². The molecule has 0 aliphatic carbocycles. The summed E-state index contributed by atoms with van der Waals surface area (Å²) in [4.78, 5) is 27.6. The third-order valence-corrected chi connectivity index (χ3v) is 5.55. The zero-order valence-corrected chi connectivity index (χ0v) is 18.1. The van der Waals surface area contributed by atoms with Crippen molar-refractivity contribution in [2.45, 2.75) is 12.6 Å². The quantitative estimate of drug-likeness (QED) is 0.334. The van der Waals surface area contributed by atoms with Gasteiger partial charge in [0.05, 0.1) is 38.6 Å². The highest BCUT2D eigenvalue weighted by atomic mass is 35.5. The van der Waals surface area contributed by atoms with Crippen LogP contribution < -0.4 is 9.47 Å². The lowest BCUT2D eigenvalue weighted by Gasteiger charge is -2.25. The molecule has 0 bridgehead atoms. The van der Waals surface area contributed by atoms with Gasteiger partial charge in [0.2, 0.25) is 0 Å². The molecule has 7 nitrogen and oxygen atoms in total. The lowest BCUT2D eigenvalue weighted by Crippen LogP contribution is -2.29. The summed E-state index contributed by atoms with van der Waals surface area (Å²) < 4.78 is 16.2. The largest absolute Gasteiger partial charge is 0.506 e. The summed E-state index contributed by atoms with van der Waals surface area (Å²) in [5.74, 6) is -0.859. The molecular formula is C24H20ClNO6. The zero-order valence-electron chi connectivity index (χ0n) is 17.4. The van der Waals surface area contributed by atoms with Crippen molar-refractivity contribution in [3.63, 3.8) is 0 Å². The molecule has 1 amide bonds. The number of ether oxygens (including phenoxy) is 2. The van der Waals surface area contributed by atoms with Gasteiger partial charge >= 0.3 is 0 Å². The molecule has 0 radical (unpaired) electrons. The number of nitrogens with zero attached hydrogens (tertiary/aromatic N) is 1. The van der Waals surface area contributed by atoms with Crippen LogP contribution in [-0.2, 0) is 16.1 Å². The zero-order chi connectivity index (χ0) is 22.8. The Labute approximate surface area is 189 Å². The summed E-state index contributed by atoms with van der Waals surface area (Å²) in [6.45, 7) is 0.0463. The Kier molecular flexibility index (Phi) is 5.92. The number of furan rings is 1. The first-order chi connectivity index (χ1) is 15.5. The van der Waals surface area contributed by atoms with Crippen molar-refractivity contribution >= 4 is 29.1 Å². The molecule has 1 fully saturated rings. The number of aliphatic hydroxyl groups excluding tert-OH is 1. The molecular weight excluding hydrogens is 434 g/mol. The minimum atomic E-state index is -0.869. The van der Waals surface area contributed by atoms with E-state index in [1.54, 1.807) is 54.6 Å². The number of methoxy groups -OCH3 is 2. The van der Waals surface area contributed by atoms with E-state index in [-0.39, 0.29) is 23.4 Å². The van der Waals surface area contributed by atoms with Gasteiger partial charge in [0.25, 0.3) is 11.7 Å². The monoisotopic (exact) mass is 453 g/mol. The van der Waals surface area contributed by atoms with Crippen LogP contribution in [-0.4, -0.2) is 35.9 Å². The number of hydrogen-bond acceptors (Lipinski definition) is 6. The second-order valence-corrected chi connectivity index (χ2v) is 7.53. The molecule has 1 aliphatic rings. The third-order valence-electron chi connectivity index (χ3n) is 5.30. The van der Waals surface area contributed by atoms with Gasteiger partial charge in [-0.05, 0) is 42.0 Å². The van der Waals surface area contributed by atoms with Crippen LogP contribution in [0.3, 0.4) is 0 Å². The van der Waals surface area contributed by atoms with E-state index in [0.717, 1.165) is 0 Å². The number of halogens is 1. The molecule has 2 aromatic carbocycles. The number of carbonyl (C=O) groups is 2. The van der Waals surface area contributed by atoms with Crippen LogP contribution in [0.15, 0.2) is 70.9 Å². The Hall–Kier alpha value is -3.71. The van der Waals surface area contributed by atoms with Gasteiger partial charge in [0, 0.05) is 5.02 Å². The van der Waals surface area contributed by atoms with Crippen LogP contribution in [0.4, 0.5) is 0 Å². The summed E-state index contributed by atoms with van der Waals surface area (Å²) >= 11 is 6.04. The standard InChI is InChI=1S/C24H20ClNO6/c1-30-17-6-3-7-18(31-2)19(17)22(27)20-21(14-8-10-15(25)11-9-14)26(24(29)23(20)28)13-16-5-4-12-32-16/h3-12,21,27H,13H2,1-2H3/b22-20+. The highest BCUT2D eigenvalue weighted by molar-refractivity contribution is 6.46. The molecule has 1 aliphatic heterocycles. The number of amides is 1. The van der Waals surface area contributed by atoms with E-state index < -0.39 is 17.7 Å². The number of hydrogen-bond donors (Lipinski definition) is 1. The molecule has 1 unspecified atom stereocenters. The van der Waals surface area contributed by atoms with Crippen LogP contribution in [0.25, 0.3) is 5.76 Å². The van der Waals surface area contributed by atoms with Gasteiger partial charge in [-0.2, -0.15) is 0 Å². The van der Waals surface area contributed by atoms with Crippen LogP contribution in [0.5, 0.6) is 11.5 Å². The lowest BCUT2D eigenvalue weighted by molar-refractivity contribution is -0.140. The number of ketones is 1. The molecule has 3 aromatic rings. The maximum atomic E-state index is 13.2. The van der Waals surface area contributed by atoms with Gasteiger partial charge in [-0.1, -0.05) is 29.8 Å². The maximum Gasteiger partial charge on any atom is 0.296 e. The highest BCUT2D eigenvalue weighted by Crippen LogP contribution is 2.44. The summed E-state index contributed by atoms with van der Waals surface area (Å²) in [6, 6.07) is 14.2. The van der Waals surface area contributed by atoms with E-state index in [4.69, 9.17) is 25.5 Å². The number of aliphatic hydroxyl groups is 1. The van der Waals surface area contributed by atoms with Crippen molar-refractivity contribution in [2.24, 2.45) is 0 Å². The second kappa shape index (κ2) is 8.80. The molecule has 1 saturated heterocycles. The number of rotatable bonds is 6. The summed E-state index contributed by atoms with van der Waals surface area (Å²) in [7, 11) is 2.88. The fraction of sp³-hybridized carbons (Fsp3) is 0.167. The molecule has 32 heavy (non-hydrogen) atoms. The third kappa shape index (κ3) is 3.71. The predicted octanol–water partition coefficient (Wildman–Crippen LogP) is 4.57. The Bertz CT molecular complexity index is 1160. The normalized spacial score (nSPS) is 17.6. The van der Waals surface area contributed by atoms with E-state index in [0.29, 0.717) is 27.8 Å². The van der Waals surface area contributed by atoms with Gasteiger partial charge in [0.15, 0.2) is 0 Å². The Morgan fingerprint density at radius 1 is 1.03 bits per heavy atom. The molecule has 1 aromatic heterocycles. The van der Waals surface area contributed by atoms with Crippen LogP contribution in [0.2, 0.25) is 5.02 Å². The number of carbonyl (C=O) groups excluding carboxylic acids is 2. The minimum absolute atomic E-state index is 0.0463. The first kappa shape index (κ1) is 21.5. The number of Topliss-reactive ketones (excluding diaryl/α,β-unsaturated/α-hetero) is 1. The van der Waals surface area contributed by atoms with E-state index in [1.165, 1.54) is 25.4 Å². The molecule has 0 spiro atoms. The van der Waals surface area contributed by atoms with Crippen molar-refractivity contribution in [2.75, 3.05) is 14.2 Å². The van der Waals surface area contributed by atoms with Gasteiger partial charge in [0.1, 0.15) is 28.6 Å². The molecule has 164 valence electrons. The summed E-state index contributed by atoms with van der Waals surface area (Å²) in [6.07, 6.45) is 1.49. The van der Waals surface area contributed by atoms with Crippen LogP contribution in [0.1, 0.15) is 22.9 Å². The second-order valence-electron chi connectivity index (χ2n) is 7.10. The first-order valence-corrected chi connectivity index (χ1v) is 10.1. The van der Waals surface area contributed by atoms with Crippen LogP contribution >= 0.6 is 11.6 Å². The highest BCUT2D eigenvalue weighted by Gasteiger charge is 2.47. The number of likely N-dealkylation sites (tertiary alicyclic amines) is 1. The maximum absolute atomic E-state index is 13.2.